The van der Waals surface area contributed by atoms with Crippen molar-refractivity contribution in [3.63, 3.8) is 0 Å². The van der Waals surface area contributed by atoms with E-state index in [4.69, 9.17) is 21.4 Å². The molecule has 2 N–H and O–H groups in total. The van der Waals surface area contributed by atoms with Crippen molar-refractivity contribution in [1.82, 2.24) is 15.1 Å². The molecule has 0 saturated heterocycles. The highest BCUT2D eigenvalue weighted by atomic mass is 35.5. The van der Waals surface area contributed by atoms with Crippen molar-refractivity contribution < 1.29 is 9.84 Å². The third-order valence-electron chi connectivity index (χ3n) is 3.52. The van der Waals surface area contributed by atoms with Gasteiger partial charge in [-0.2, -0.15) is 5.10 Å². The zero-order valence-electron chi connectivity index (χ0n) is 13.0. The van der Waals surface area contributed by atoms with Crippen LogP contribution in [-0.4, -0.2) is 34.6 Å². The average Bonchev–Trinajstić information content (AvgIpc) is 2.76. The molecular weight excluding hydrogens is 302 g/mol. The molecular formula is C16H22ClN3O2. The van der Waals surface area contributed by atoms with Crippen LogP contribution in [0.5, 0.6) is 5.75 Å². The Bertz CT molecular complexity index is 613. The summed E-state index contributed by atoms with van der Waals surface area (Å²) < 4.78 is 7.47. The molecule has 2 rings (SSSR count). The monoisotopic (exact) mass is 323 g/mol. The number of hydrogen-bond acceptors (Lipinski definition) is 4. The molecule has 0 aliphatic rings. The first kappa shape index (κ1) is 16.8. The van der Waals surface area contributed by atoms with E-state index in [0.717, 1.165) is 24.5 Å². The van der Waals surface area contributed by atoms with Gasteiger partial charge in [0.15, 0.2) is 0 Å². The molecule has 0 saturated carbocycles. The fraction of sp³-hybridized carbons (Fsp3) is 0.438. The van der Waals surface area contributed by atoms with Gasteiger partial charge in [-0.15, -0.1) is 0 Å². The summed E-state index contributed by atoms with van der Waals surface area (Å²) in [5.74, 6) is 0.703. The van der Waals surface area contributed by atoms with Crippen LogP contribution in [-0.2, 0) is 13.1 Å². The number of nitrogens with one attached hydrogen (secondary N) is 1. The van der Waals surface area contributed by atoms with Gasteiger partial charge < -0.3 is 15.2 Å². The summed E-state index contributed by atoms with van der Waals surface area (Å²) in [7, 11) is 0. The minimum atomic E-state index is 0.0977. The lowest BCUT2D eigenvalue weighted by atomic mass is 10.2. The number of aromatic nitrogens is 2. The van der Waals surface area contributed by atoms with Gasteiger partial charge in [0, 0.05) is 24.3 Å². The quantitative estimate of drug-likeness (QED) is 0.732. The van der Waals surface area contributed by atoms with Gasteiger partial charge in [-0.25, -0.2) is 0 Å². The predicted molar refractivity (Wildman–Crippen MR) is 87.4 cm³/mol. The van der Waals surface area contributed by atoms with Crippen LogP contribution in [0.3, 0.4) is 0 Å². The molecule has 0 unspecified atom stereocenters. The van der Waals surface area contributed by atoms with E-state index in [1.165, 1.54) is 5.56 Å². The summed E-state index contributed by atoms with van der Waals surface area (Å²) >= 11 is 6.03. The molecule has 6 heteroatoms. The lowest BCUT2D eigenvalue weighted by Gasteiger charge is -2.09. The number of nitrogens with zero attached hydrogens (tertiary/aromatic N) is 2. The Morgan fingerprint density at radius 1 is 1.32 bits per heavy atom. The highest BCUT2D eigenvalue weighted by Gasteiger charge is 2.10. The lowest BCUT2D eigenvalue weighted by Crippen LogP contribution is -2.21. The molecule has 0 bridgehead atoms. The molecule has 120 valence electrons. The zero-order chi connectivity index (χ0) is 15.9. The standard InChI is InChI=1S/C16H22ClN3O2/c1-12-14(13(2)20(19-12)8-9-21)11-18-7-10-22-16-6-4-3-5-15(16)17/h3-6,18,21H,7-11H2,1-2H3. The van der Waals surface area contributed by atoms with Crippen molar-refractivity contribution in [2.24, 2.45) is 0 Å². The number of hydrogen-bond donors (Lipinski definition) is 2. The number of aliphatic hydroxyl groups excluding tert-OH is 1. The van der Waals surface area contributed by atoms with Gasteiger partial charge in [0.2, 0.25) is 0 Å². The van der Waals surface area contributed by atoms with Gasteiger partial charge in [-0.3, -0.25) is 4.68 Å². The second-order valence-electron chi connectivity index (χ2n) is 5.05. The number of halogens is 1. The lowest BCUT2D eigenvalue weighted by molar-refractivity contribution is 0.267. The first-order valence-electron chi connectivity index (χ1n) is 7.35. The fourth-order valence-corrected chi connectivity index (χ4v) is 2.50. The summed E-state index contributed by atoms with van der Waals surface area (Å²) in [5, 5.41) is 17.4. The number of aryl methyl sites for hydroxylation is 1. The number of para-hydroxylation sites is 1. The molecule has 1 aromatic heterocycles. The first-order valence-corrected chi connectivity index (χ1v) is 7.73. The van der Waals surface area contributed by atoms with Gasteiger partial charge >= 0.3 is 0 Å². The summed E-state index contributed by atoms with van der Waals surface area (Å²) in [4.78, 5) is 0. The zero-order valence-corrected chi connectivity index (χ0v) is 13.7. The second-order valence-corrected chi connectivity index (χ2v) is 5.46. The van der Waals surface area contributed by atoms with Crippen molar-refractivity contribution in [3.8, 4) is 5.75 Å². The van der Waals surface area contributed by atoms with E-state index >= 15 is 0 Å². The smallest absolute Gasteiger partial charge is 0.137 e. The van der Waals surface area contributed by atoms with E-state index in [9.17, 15) is 0 Å². The molecule has 0 aliphatic carbocycles. The third-order valence-corrected chi connectivity index (χ3v) is 3.83. The molecule has 5 nitrogen and oxygen atoms in total. The Labute approximate surface area is 135 Å². The molecule has 1 heterocycles. The van der Waals surface area contributed by atoms with Crippen molar-refractivity contribution in [3.05, 3.63) is 46.2 Å². The van der Waals surface area contributed by atoms with E-state index in [2.05, 4.69) is 10.4 Å². The molecule has 2 aromatic rings. The summed E-state index contributed by atoms with van der Waals surface area (Å²) in [6, 6.07) is 7.45. The molecule has 0 spiro atoms. The SMILES string of the molecule is Cc1nn(CCO)c(C)c1CNCCOc1ccccc1Cl. The van der Waals surface area contributed by atoms with Crippen LogP contribution in [0.15, 0.2) is 24.3 Å². The Balaban J connectivity index is 1.78. The number of benzene rings is 1. The van der Waals surface area contributed by atoms with E-state index in [-0.39, 0.29) is 6.61 Å². The second kappa shape index (κ2) is 8.17. The number of rotatable bonds is 8. The molecule has 0 atom stereocenters. The summed E-state index contributed by atoms with van der Waals surface area (Å²) in [6.07, 6.45) is 0. The third kappa shape index (κ3) is 4.22. The maximum Gasteiger partial charge on any atom is 0.137 e. The van der Waals surface area contributed by atoms with Gasteiger partial charge in [0.1, 0.15) is 12.4 Å². The van der Waals surface area contributed by atoms with Crippen LogP contribution in [0, 0.1) is 13.8 Å². The van der Waals surface area contributed by atoms with E-state index < -0.39 is 0 Å². The topological polar surface area (TPSA) is 59.3 Å². The maximum atomic E-state index is 9.02. The van der Waals surface area contributed by atoms with Gasteiger partial charge in [-0.1, -0.05) is 23.7 Å². The first-order chi connectivity index (χ1) is 10.6. The van der Waals surface area contributed by atoms with E-state index in [0.29, 0.717) is 23.9 Å². The van der Waals surface area contributed by atoms with Crippen LogP contribution in [0.2, 0.25) is 5.02 Å². The van der Waals surface area contributed by atoms with Gasteiger partial charge in [-0.05, 0) is 26.0 Å². The van der Waals surface area contributed by atoms with Crippen LogP contribution < -0.4 is 10.1 Å². The number of aliphatic hydroxyl groups is 1. The minimum absolute atomic E-state index is 0.0977. The summed E-state index contributed by atoms with van der Waals surface area (Å²) in [6.45, 7) is 6.63. The molecule has 0 radical (unpaired) electrons. The Hall–Kier alpha value is -1.56. The van der Waals surface area contributed by atoms with Crippen LogP contribution >= 0.6 is 11.6 Å². The largest absolute Gasteiger partial charge is 0.491 e. The number of ether oxygens (including phenoxy) is 1. The van der Waals surface area contributed by atoms with Crippen molar-refractivity contribution in [2.75, 3.05) is 19.8 Å². The molecule has 0 aliphatic heterocycles. The van der Waals surface area contributed by atoms with E-state index in [1.807, 2.05) is 42.8 Å². The Kier molecular flexibility index (Phi) is 6.24. The maximum absolute atomic E-state index is 9.02. The minimum Gasteiger partial charge on any atom is -0.491 e. The molecule has 22 heavy (non-hydrogen) atoms. The molecule has 0 fully saturated rings. The molecule has 1 aromatic carbocycles. The van der Waals surface area contributed by atoms with Crippen molar-refractivity contribution in [1.29, 1.82) is 0 Å². The Morgan fingerprint density at radius 2 is 2.09 bits per heavy atom. The summed E-state index contributed by atoms with van der Waals surface area (Å²) in [5.41, 5.74) is 3.25. The average molecular weight is 324 g/mol. The highest BCUT2D eigenvalue weighted by molar-refractivity contribution is 6.32. The van der Waals surface area contributed by atoms with Crippen LogP contribution in [0.4, 0.5) is 0 Å². The van der Waals surface area contributed by atoms with E-state index in [1.54, 1.807) is 0 Å². The predicted octanol–water partition coefficient (Wildman–Crippen LogP) is 2.31. The normalized spacial score (nSPS) is 10.9. The van der Waals surface area contributed by atoms with Gasteiger partial charge in [0.25, 0.3) is 0 Å². The molecule has 0 amide bonds. The van der Waals surface area contributed by atoms with Gasteiger partial charge in [0.05, 0.1) is 23.9 Å². The van der Waals surface area contributed by atoms with Crippen molar-refractivity contribution >= 4 is 11.6 Å². The van der Waals surface area contributed by atoms with Crippen LogP contribution in [0.1, 0.15) is 17.0 Å². The fourth-order valence-electron chi connectivity index (χ4n) is 2.31. The van der Waals surface area contributed by atoms with Crippen molar-refractivity contribution in [2.45, 2.75) is 26.9 Å². The highest BCUT2D eigenvalue weighted by Crippen LogP contribution is 2.22. The Morgan fingerprint density at radius 3 is 2.82 bits per heavy atom. The van der Waals surface area contributed by atoms with Crippen LogP contribution in [0.25, 0.3) is 0 Å².